The van der Waals surface area contributed by atoms with Crippen LogP contribution in [0.1, 0.15) is 30.0 Å². The molecule has 5 nitrogen and oxygen atoms in total. The highest BCUT2D eigenvalue weighted by Crippen LogP contribution is 2.21. The molecule has 2 heterocycles. The maximum Gasteiger partial charge on any atom is 0.318 e. The number of carbonyl (C=O) groups excluding carboxylic acids is 1. The van der Waals surface area contributed by atoms with Crippen LogP contribution in [0.25, 0.3) is 0 Å². The molecule has 0 spiro atoms. The second-order valence-electron chi connectivity index (χ2n) is 4.64. The van der Waals surface area contributed by atoms with Crippen molar-refractivity contribution in [3.63, 3.8) is 0 Å². The average molecular weight is 252 g/mol. The minimum atomic E-state index is -0.0437. The summed E-state index contributed by atoms with van der Waals surface area (Å²) in [6, 6.07) is 1.89. The van der Waals surface area contributed by atoms with E-state index >= 15 is 0 Å². The average Bonchev–Trinajstić information content (AvgIpc) is 2.69. The summed E-state index contributed by atoms with van der Waals surface area (Å²) in [7, 11) is 0. The monoisotopic (exact) mass is 252 g/mol. The van der Waals surface area contributed by atoms with Crippen molar-refractivity contribution < 1.29 is 13.9 Å². The highest BCUT2D eigenvalue weighted by Gasteiger charge is 2.20. The zero-order valence-corrected chi connectivity index (χ0v) is 11.2. The predicted molar refractivity (Wildman–Crippen MR) is 67.5 cm³/mol. The van der Waals surface area contributed by atoms with E-state index in [2.05, 4.69) is 5.32 Å². The molecule has 1 aliphatic heterocycles. The largest absolute Gasteiger partial charge is 0.466 e. The van der Waals surface area contributed by atoms with Crippen LogP contribution in [0.3, 0.4) is 0 Å². The molecule has 1 fully saturated rings. The lowest BCUT2D eigenvalue weighted by Crippen LogP contribution is -2.46. The molecule has 18 heavy (non-hydrogen) atoms. The number of hydrogen-bond acceptors (Lipinski definition) is 3. The Morgan fingerprint density at radius 3 is 2.61 bits per heavy atom. The molecule has 0 saturated carbocycles. The van der Waals surface area contributed by atoms with Crippen LogP contribution < -0.4 is 5.32 Å². The van der Waals surface area contributed by atoms with Crippen LogP contribution in [0, 0.1) is 13.8 Å². The van der Waals surface area contributed by atoms with Gasteiger partial charge < -0.3 is 19.4 Å². The van der Waals surface area contributed by atoms with E-state index in [1.807, 2.05) is 26.8 Å². The summed E-state index contributed by atoms with van der Waals surface area (Å²) in [5.41, 5.74) is 1.04. The molecule has 1 unspecified atom stereocenters. The third-order valence-electron chi connectivity index (χ3n) is 3.18. The fourth-order valence-corrected chi connectivity index (χ4v) is 2.20. The number of amides is 2. The number of hydrogen-bond donors (Lipinski definition) is 1. The topological polar surface area (TPSA) is 54.7 Å². The van der Waals surface area contributed by atoms with Gasteiger partial charge in [0.2, 0.25) is 0 Å². The number of rotatable bonds is 2. The van der Waals surface area contributed by atoms with E-state index in [-0.39, 0.29) is 12.1 Å². The smallest absolute Gasteiger partial charge is 0.318 e. The van der Waals surface area contributed by atoms with Crippen molar-refractivity contribution in [3.05, 3.63) is 23.2 Å². The predicted octanol–water partition coefficient (Wildman–Crippen LogP) is 2.00. The second kappa shape index (κ2) is 5.44. The Kier molecular flexibility index (Phi) is 3.91. The number of ether oxygens (including phenoxy) is 1. The number of morpholine rings is 1. The molecule has 1 aromatic heterocycles. The third-order valence-corrected chi connectivity index (χ3v) is 3.18. The fraction of sp³-hybridized carbons (Fsp3) is 0.615. The molecule has 0 bridgehead atoms. The summed E-state index contributed by atoms with van der Waals surface area (Å²) in [5, 5.41) is 2.99. The summed E-state index contributed by atoms with van der Waals surface area (Å²) < 4.78 is 10.7. The fourth-order valence-electron chi connectivity index (χ4n) is 2.20. The van der Waals surface area contributed by atoms with Crippen LogP contribution in [0.4, 0.5) is 4.79 Å². The lowest BCUT2D eigenvalue weighted by molar-refractivity contribution is 0.0526. The molecular formula is C13H20N2O3. The van der Waals surface area contributed by atoms with Gasteiger partial charge in [-0.25, -0.2) is 4.79 Å². The number of nitrogens with one attached hydrogen (secondary N) is 1. The normalized spacial score (nSPS) is 17.6. The maximum absolute atomic E-state index is 12.0. The molecule has 0 radical (unpaired) electrons. The SMILES string of the molecule is Cc1cc(C(C)NC(=O)N2CCOCC2)c(C)o1. The molecule has 1 saturated heterocycles. The van der Waals surface area contributed by atoms with Crippen molar-refractivity contribution in [2.24, 2.45) is 0 Å². The van der Waals surface area contributed by atoms with E-state index < -0.39 is 0 Å². The first-order valence-electron chi connectivity index (χ1n) is 6.28. The third kappa shape index (κ3) is 2.85. The van der Waals surface area contributed by atoms with Gasteiger partial charge >= 0.3 is 6.03 Å². The molecule has 1 atom stereocenters. The molecule has 100 valence electrons. The Labute approximate surface area is 107 Å². The van der Waals surface area contributed by atoms with E-state index in [1.165, 1.54) is 0 Å². The lowest BCUT2D eigenvalue weighted by Gasteiger charge is -2.28. The van der Waals surface area contributed by atoms with Crippen molar-refractivity contribution in [3.8, 4) is 0 Å². The van der Waals surface area contributed by atoms with Gasteiger partial charge in [0.05, 0.1) is 19.3 Å². The molecule has 2 rings (SSSR count). The second-order valence-corrected chi connectivity index (χ2v) is 4.64. The van der Waals surface area contributed by atoms with Gasteiger partial charge in [-0.2, -0.15) is 0 Å². The quantitative estimate of drug-likeness (QED) is 0.876. The van der Waals surface area contributed by atoms with Gasteiger partial charge in [0.25, 0.3) is 0 Å². The minimum Gasteiger partial charge on any atom is -0.466 e. The minimum absolute atomic E-state index is 0.0379. The molecule has 2 amide bonds. The van der Waals surface area contributed by atoms with Crippen molar-refractivity contribution in [2.75, 3.05) is 26.3 Å². The van der Waals surface area contributed by atoms with E-state index in [0.29, 0.717) is 26.3 Å². The zero-order chi connectivity index (χ0) is 13.1. The summed E-state index contributed by atoms with van der Waals surface area (Å²) in [4.78, 5) is 13.8. The number of urea groups is 1. The van der Waals surface area contributed by atoms with E-state index in [9.17, 15) is 4.79 Å². The van der Waals surface area contributed by atoms with E-state index in [0.717, 1.165) is 17.1 Å². The molecule has 1 N–H and O–H groups in total. The highest BCUT2D eigenvalue weighted by atomic mass is 16.5. The molecule has 1 aliphatic rings. The first-order chi connectivity index (χ1) is 8.58. The van der Waals surface area contributed by atoms with Gasteiger partial charge in [0.1, 0.15) is 11.5 Å². The molecule has 0 aliphatic carbocycles. The van der Waals surface area contributed by atoms with Crippen molar-refractivity contribution in [1.29, 1.82) is 0 Å². The van der Waals surface area contributed by atoms with Gasteiger partial charge in [-0.15, -0.1) is 0 Å². The van der Waals surface area contributed by atoms with Crippen LogP contribution in [0.5, 0.6) is 0 Å². The Morgan fingerprint density at radius 1 is 1.39 bits per heavy atom. The summed E-state index contributed by atoms with van der Waals surface area (Å²) in [5.74, 6) is 1.73. The zero-order valence-electron chi connectivity index (χ0n) is 11.2. The summed E-state index contributed by atoms with van der Waals surface area (Å²) >= 11 is 0. The summed E-state index contributed by atoms with van der Waals surface area (Å²) in [6.45, 7) is 8.34. The maximum atomic E-state index is 12.0. The van der Waals surface area contributed by atoms with Crippen molar-refractivity contribution in [2.45, 2.75) is 26.8 Å². The van der Waals surface area contributed by atoms with Crippen LogP contribution in [-0.2, 0) is 4.74 Å². The van der Waals surface area contributed by atoms with Gasteiger partial charge in [0.15, 0.2) is 0 Å². The lowest BCUT2D eigenvalue weighted by atomic mass is 10.1. The Bertz CT molecular complexity index is 422. The number of aryl methyl sites for hydroxylation is 2. The Balaban J connectivity index is 1.96. The van der Waals surface area contributed by atoms with E-state index in [4.69, 9.17) is 9.15 Å². The van der Waals surface area contributed by atoms with Crippen molar-refractivity contribution in [1.82, 2.24) is 10.2 Å². The van der Waals surface area contributed by atoms with Crippen LogP contribution >= 0.6 is 0 Å². The molecule has 5 heteroatoms. The molecule has 1 aromatic rings. The Morgan fingerprint density at radius 2 is 2.06 bits per heavy atom. The number of carbonyl (C=O) groups is 1. The standard InChI is InChI=1S/C13H20N2O3/c1-9-8-12(11(3)18-9)10(2)14-13(16)15-4-6-17-7-5-15/h8,10H,4-7H2,1-3H3,(H,14,16). The van der Waals surface area contributed by atoms with Crippen LogP contribution in [0.15, 0.2) is 10.5 Å². The number of furan rings is 1. The van der Waals surface area contributed by atoms with Crippen molar-refractivity contribution >= 4 is 6.03 Å². The van der Waals surface area contributed by atoms with E-state index in [1.54, 1.807) is 4.90 Å². The summed E-state index contributed by atoms with van der Waals surface area (Å²) in [6.07, 6.45) is 0. The van der Waals surface area contributed by atoms with Crippen LogP contribution in [-0.4, -0.2) is 37.2 Å². The van der Waals surface area contributed by atoms with Gasteiger partial charge in [-0.3, -0.25) is 0 Å². The molecular weight excluding hydrogens is 232 g/mol. The Hall–Kier alpha value is -1.49. The van der Waals surface area contributed by atoms with Crippen LogP contribution in [0.2, 0.25) is 0 Å². The number of nitrogens with zero attached hydrogens (tertiary/aromatic N) is 1. The van der Waals surface area contributed by atoms with Gasteiger partial charge in [0, 0.05) is 18.7 Å². The first kappa shape index (κ1) is 13.0. The van der Waals surface area contributed by atoms with Gasteiger partial charge in [-0.05, 0) is 26.8 Å². The molecule has 0 aromatic carbocycles. The van der Waals surface area contributed by atoms with Gasteiger partial charge in [-0.1, -0.05) is 0 Å². The highest BCUT2D eigenvalue weighted by molar-refractivity contribution is 5.74. The first-order valence-corrected chi connectivity index (χ1v) is 6.28.